The van der Waals surface area contributed by atoms with Gasteiger partial charge in [0.15, 0.2) is 5.65 Å². The van der Waals surface area contributed by atoms with E-state index in [1.807, 2.05) is 11.6 Å². The van der Waals surface area contributed by atoms with Gasteiger partial charge >= 0.3 is 0 Å². The van der Waals surface area contributed by atoms with Crippen LogP contribution in [0.2, 0.25) is 0 Å². The molecule has 0 atom stereocenters. The molecule has 6 nitrogen and oxygen atoms in total. The van der Waals surface area contributed by atoms with Crippen LogP contribution < -0.4 is 5.56 Å². The van der Waals surface area contributed by atoms with Crippen LogP contribution in [0, 0.1) is 6.92 Å². The van der Waals surface area contributed by atoms with Crippen molar-refractivity contribution in [2.45, 2.75) is 45.2 Å². The monoisotopic (exact) mass is 427 g/mol. The van der Waals surface area contributed by atoms with Crippen molar-refractivity contribution in [2.24, 2.45) is 0 Å². The number of benzene rings is 2. The van der Waals surface area contributed by atoms with Crippen molar-refractivity contribution < 1.29 is 0 Å². The van der Waals surface area contributed by atoms with Gasteiger partial charge in [-0.15, -0.1) is 0 Å². The van der Waals surface area contributed by atoms with Crippen LogP contribution in [0.5, 0.6) is 0 Å². The zero-order chi connectivity index (χ0) is 22.5. The number of aromatic nitrogens is 4. The van der Waals surface area contributed by atoms with Gasteiger partial charge in [-0.1, -0.05) is 60.7 Å². The third-order valence-electron chi connectivity index (χ3n) is 6.26. The van der Waals surface area contributed by atoms with Gasteiger partial charge < -0.3 is 4.98 Å². The van der Waals surface area contributed by atoms with Crippen LogP contribution >= 0.6 is 0 Å². The number of aryl methyl sites for hydroxylation is 1. The molecule has 32 heavy (non-hydrogen) atoms. The summed E-state index contributed by atoms with van der Waals surface area (Å²) in [4.78, 5) is 23.3. The summed E-state index contributed by atoms with van der Waals surface area (Å²) in [5, 5.41) is 5.20. The number of hydrogen-bond donors (Lipinski definition) is 1. The van der Waals surface area contributed by atoms with Crippen LogP contribution in [0.25, 0.3) is 11.0 Å². The van der Waals surface area contributed by atoms with E-state index in [0.29, 0.717) is 11.0 Å². The minimum Gasteiger partial charge on any atom is -0.310 e. The lowest BCUT2D eigenvalue weighted by Crippen LogP contribution is -2.48. The van der Waals surface area contributed by atoms with Crippen molar-refractivity contribution in [3.8, 4) is 0 Å². The average molecular weight is 428 g/mol. The van der Waals surface area contributed by atoms with Crippen molar-refractivity contribution in [3.63, 3.8) is 0 Å². The maximum atomic E-state index is 12.9. The lowest BCUT2D eigenvalue weighted by molar-refractivity contribution is 0.107. The van der Waals surface area contributed by atoms with Gasteiger partial charge in [-0.05, 0) is 38.8 Å². The first kappa shape index (κ1) is 20.6. The minimum atomic E-state index is -0.248. The second kappa shape index (κ2) is 7.71. The lowest BCUT2D eigenvalue weighted by atomic mass is 9.90. The maximum absolute atomic E-state index is 12.9. The first-order valence-electron chi connectivity index (χ1n) is 11.2. The van der Waals surface area contributed by atoms with Gasteiger partial charge in [0.05, 0.1) is 17.3 Å². The van der Waals surface area contributed by atoms with E-state index in [1.54, 1.807) is 0 Å². The molecule has 0 radical (unpaired) electrons. The van der Waals surface area contributed by atoms with Gasteiger partial charge in [0.2, 0.25) is 0 Å². The van der Waals surface area contributed by atoms with Crippen molar-refractivity contribution in [1.29, 1.82) is 0 Å². The molecule has 1 aliphatic rings. The zero-order valence-electron chi connectivity index (χ0n) is 19.0. The molecule has 1 saturated heterocycles. The normalized spacial score (nSPS) is 15.4. The molecule has 2 aromatic heterocycles. The quantitative estimate of drug-likeness (QED) is 0.525. The highest BCUT2D eigenvalue weighted by Gasteiger charge is 2.37. The van der Waals surface area contributed by atoms with Crippen LogP contribution in [-0.4, -0.2) is 37.7 Å². The molecule has 0 amide bonds. The van der Waals surface area contributed by atoms with E-state index in [2.05, 4.69) is 96.4 Å². The van der Waals surface area contributed by atoms with Gasteiger partial charge in [0, 0.05) is 19.0 Å². The fourth-order valence-electron chi connectivity index (χ4n) is 4.65. The number of aromatic amines is 1. The molecule has 1 aliphatic heterocycles. The highest BCUT2D eigenvalue weighted by atomic mass is 16.1. The Kier molecular flexibility index (Phi) is 4.97. The number of rotatable bonds is 4. The van der Waals surface area contributed by atoms with Crippen molar-refractivity contribution >= 4 is 11.0 Å². The van der Waals surface area contributed by atoms with Gasteiger partial charge in [0.25, 0.3) is 5.56 Å². The van der Waals surface area contributed by atoms with E-state index in [4.69, 9.17) is 4.98 Å². The third-order valence-corrected chi connectivity index (χ3v) is 6.26. The molecular weight excluding hydrogens is 398 g/mol. The summed E-state index contributed by atoms with van der Waals surface area (Å²) < 4.78 is 1.88. The summed E-state index contributed by atoms with van der Waals surface area (Å²) in [6.45, 7) is 9.79. The van der Waals surface area contributed by atoms with Crippen LogP contribution in [0.3, 0.4) is 0 Å². The Morgan fingerprint density at radius 2 is 1.53 bits per heavy atom. The van der Waals surface area contributed by atoms with Crippen molar-refractivity contribution in [1.82, 2.24) is 24.6 Å². The Morgan fingerprint density at radius 3 is 2.06 bits per heavy atom. The summed E-state index contributed by atoms with van der Waals surface area (Å²) in [6, 6.07) is 21.4. The largest absolute Gasteiger partial charge is 0.310 e. The Morgan fingerprint density at radius 1 is 0.969 bits per heavy atom. The van der Waals surface area contributed by atoms with Crippen molar-refractivity contribution in [3.05, 3.63) is 93.7 Å². The number of likely N-dealkylation sites (tertiary alicyclic amines) is 1. The summed E-state index contributed by atoms with van der Waals surface area (Å²) in [7, 11) is 0. The molecule has 1 fully saturated rings. The highest BCUT2D eigenvalue weighted by Crippen LogP contribution is 2.37. The summed E-state index contributed by atoms with van der Waals surface area (Å²) in [5.74, 6) is 0.940. The fraction of sp³-hybridized carbons (Fsp3) is 0.346. The average Bonchev–Trinajstić information content (AvgIpc) is 3.09. The van der Waals surface area contributed by atoms with E-state index >= 15 is 0 Å². The molecular formula is C26H29N5O. The maximum Gasteiger partial charge on any atom is 0.262 e. The molecule has 164 valence electrons. The Balaban J connectivity index is 1.47. The molecule has 4 aromatic rings. The summed E-state index contributed by atoms with van der Waals surface area (Å²) >= 11 is 0. The van der Waals surface area contributed by atoms with E-state index in [1.165, 1.54) is 11.1 Å². The first-order valence-corrected chi connectivity index (χ1v) is 11.2. The SMILES string of the molecule is Cc1nn(C(C)(C)C)c2nc(C3CN(C(c4ccccc4)c4ccccc4)C3)[nH]c(=O)c12. The highest BCUT2D eigenvalue weighted by molar-refractivity contribution is 5.77. The van der Waals surface area contributed by atoms with E-state index in [9.17, 15) is 4.79 Å². The van der Waals surface area contributed by atoms with Crippen LogP contribution in [0.1, 0.15) is 55.4 Å². The number of H-pyrrole nitrogens is 1. The second-order valence-electron chi connectivity index (χ2n) is 9.69. The minimum absolute atomic E-state index is 0.0980. The van der Waals surface area contributed by atoms with Gasteiger partial charge in [-0.3, -0.25) is 9.69 Å². The van der Waals surface area contributed by atoms with E-state index in [0.717, 1.165) is 24.6 Å². The molecule has 0 unspecified atom stereocenters. The molecule has 0 bridgehead atoms. The van der Waals surface area contributed by atoms with E-state index in [-0.39, 0.29) is 23.1 Å². The van der Waals surface area contributed by atoms with Gasteiger partial charge in [-0.25, -0.2) is 9.67 Å². The van der Waals surface area contributed by atoms with Crippen LogP contribution in [-0.2, 0) is 5.54 Å². The van der Waals surface area contributed by atoms with Gasteiger partial charge in [0.1, 0.15) is 11.2 Å². The molecule has 5 rings (SSSR count). The van der Waals surface area contributed by atoms with E-state index < -0.39 is 0 Å². The smallest absolute Gasteiger partial charge is 0.262 e. The third kappa shape index (κ3) is 3.54. The first-order chi connectivity index (χ1) is 15.3. The standard InChI is InChI=1S/C26H29N5O/c1-17-21-24(31(29-17)26(2,3)4)27-23(28-25(21)32)20-15-30(16-20)22(18-11-7-5-8-12-18)19-13-9-6-10-14-19/h5-14,20,22H,15-16H2,1-4H3,(H,27,28,32). The number of fused-ring (bicyclic) bond motifs is 1. The fourth-order valence-corrected chi connectivity index (χ4v) is 4.65. The topological polar surface area (TPSA) is 66.8 Å². The summed E-state index contributed by atoms with van der Waals surface area (Å²) in [5.41, 5.74) is 3.60. The van der Waals surface area contributed by atoms with Crippen LogP contribution in [0.15, 0.2) is 65.5 Å². The summed E-state index contributed by atoms with van der Waals surface area (Å²) in [6.07, 6.45) is 0. The molecule has 2 aromatic carbocycles. The second-order valence-corrected chi connectivity index (χ2v) is 9.69. The van der Waals surface area contributed by atoms with Crippen LogP contribution in [0.4, 0.5) is 0 Å². The van der Waals surface area contributed by atoms with Gasteiger partial charge in [-0.2, -0.15) is 5.10 Å². The predicted molar refractivity (Wildman–Crippen MR) is 127 cm³/mol. The Labute approximate surface area is 187 Å². The number of nitrogens with zero attached hydrogens (tertiary/aromatic N) is 4. The number of hydrogen-bond acceptors (Lipinski definition) is 4. The molecule has 0 saturated carbocycles. The van der Waals surface area contributed by atoms with Crippen molar-refractivity contribution in [2.75, 3.05) is 13.1 Å². The molecule has 3 heterocycles. The molecule has 1 N–H and O–H groups in total. The predicted octanol–water partition coefficient (Wildman–Crippen LogP) is 4.37. The Bertz CT molecular complexity index is 1260. The number of nitrogens with one attached hydrogen (secondary N) is 1. The Hall–Kier alpha value is -3.25. The molecule has 6 heteroatoms. The lowest BCUT2D eigenvalue weighted by Gasteiger charge is -2.44. The molecule has 0 aliphatic carbocycles. The zero-order valence-corrected chi connectivity index (χ0v) is 19.0. The molecule has 0 spiro atoms.